The second-order valence-electron chi connectivity index (χ2n) is 4.58. The predicted molar refractivity (Wildman–Crippen MR) is 60.5 cm³/mol. The molecule has 1 aromatic rings. The Hall–Kier alpha value is -0.980. The standard InChI is InChI=1S/C11H19N3O3/c1-8(2)11-12-10(17-13-11)5-14-3-4-16-7-9(14)6-15/h8-9,15H,3-7H2,1-2H3. The first-order valence-electron chi connectivity index (χ1n) is 5.96. The number of hydrogen-bond acceptors (Lipinski definition) is 6. The van der Waals surface area contributed by atoms with E-state index in [2.05, 4.69) is 15.0 Å². The van der Waals surface area contributed by atoms with E-state index in [0.717, 1.165) is 12.4 Å². The van der Waals surface area contributed by atoms with Gasteiger partial charge in [0.25, 0.3) is 0 Å². The molecule has 1 N–H and O–H groups in total. The number of aliphatic hydroxyl groups is 1. The van der Waals surface area contributed by atoms with E-state index in [1.54, 1.807) is 0 Å². The van der Waals surface area contributed by atoms with E-state index < -0.39 is 0 Å². The maximum absolute atomic E-state index is 9.24. The molecule has 0 amide bonds. The molecule has 0 aliphatic carbocycles. The van der Waals surface area contributed by atoms with Crippen LogP contribution in [0.5, 0.6) is 0 Å². The van der Waals surface area contributed by atoms with Crippen LogP contribution in [0.2, 0.25) is 0 Å². The molecule has 17 heavy (non-hydrogen) atoms. The van der Waals surface area contributed by atoms with Crippen LogP contribution >= 0.6 is 0 Å². The highest BCUT2D eigenvalue weighted by Crippen LogP contribution is 2.14. The van der Waals surface area contributed by atoms with Crippen molar-refractivity contribution in [2.75, 3.05) is 26.4 Å². The van der Waals surface area contributed by atoms with Gasteiger partial charge in [0.1, 0.15) is 0 Å². The molecule has 6 heteroatoms. The lowest BCUT2D eigenvalue weighted by molar-refractivity contribution is -0.0348. The fourth-order valence-electron chi connectivity index (χ4n) is 1.81. The van der Waals surface area contributed by atoms with Crippen LogP contribution in [0.3, 0.4) is 0 Å². The van der Waals surface area contributed by atoms with Gasteiger partial charge in [-0.2, -0.15) is 4.98 Å². The molecule has 0 radical (unpaired) electrons. The number of ether oxygens (including phenoxy) is 1. The normalized spacial score (nSPS) is 22.2. The van der Waals surface area contributed by atoms with Crippen LogP contribution in [-0.4, -0.2) is 52.6 Å². The molecule has 0 spiro atoms. The maximum atomic E-state index is 9.24. The minimum absolute atomic E-state index is 0.0261. The molecule has 2 rings (SSSR count). The molecule has 6 nitrogen and oxygen atoms in total. The minimum atomic E-state index is 0.0261. The van der Waals surface area contributed by atoms with E-state index in [-0.39, 0.29) is 18.6 Å². The van der Waals surface area contributed by atoms with Crippen LogP contribution in [0.4, 0.5) is 0 Å². The molecule has 0 saturated carbocycles. The Balaban J connectivity index is 1.98. The monoisotopic (exact) mass is 241 g/mol. The molecule has 1 atom stereocenters. The summed E-state index contributed by atoms with van der Waals surface area (Å²) in [7, 11) is 0. The molecule has 1 aliphatic heterocycles. The fourth-order valence-corrected chi connectivity index (χ4v) is 1.81. The van der Waals surface area contributed by atoms with Crippen molar-refractivity contribution in [1.29, 1.82) is 0 Å². The van der Waals surface area contributed by atoms with E-state index in [1.165, 1.54) is 0 Å². The van der Waals surface area contributed by atoms with Crippen molar-refractivity contribution >= 4 is 0 Å². The third kappa shape index (κ3) is 3.02. The molecule has 1 aliphatic rings. The van der Waals surface area contributed by atoms with E-state index in [9.17, 15) is 5.11 Å². The van der Waals surface area contributed by atoms with Crippen molar-refractivity contribution in [2.24, 2.45) is 0 Å². The molecule has 0 bridgehead atoms. The van der Waals surface area contributed by atoms with Crippen LogP contribution in [0.25, 0.3) is 0 Å². The van der Waals surface area contributed by atoms with Crippen LogP contribution in [0, 0.1) is 0 Å². The van der Waals surface area contributed by atoms with E-state index >= 15 is 0 Å². The quantitative estimate of drug-likeness (QED) is 0.822. The summed E-state index contributed by atoms with van der Waals surface area (Å²) in [4.78, 5) is 6.44. The average Bonchev–Trinajstić information content (AvgIpc) is 2.78. The summed E-state index contributed by atoms with van der Waals surface area (Å²) in [6, 6.07) is 0.0261. The van der Waals surface area contributed by atoms with Gasteiger partial charge in [0.05, 0.1) is 32.4 Å². The van der Waals surface area contributed by atoms with Crippen molar-refractivity contribution in [2.45, 2.75) is 32.4 Å². The highest BCUT2D eigenvalue weighted by Gasteiger charge is 2.24. The molecular formula is C11H19N3O3. The molecule has 1 aromatic heterocycles. The second-order valence-corrected chi connectivity index (χ2v) is 4.58. The van der Waals surface area contributed by atoms with E-state index in [1.807, 2.05) is 13.8 Å². The smallest absolute Gasteiger partial charge is 0.240 e. The van der Waals surface area contributed by atoms with Crippen LogP contribution in [0.15, 0.2) is 4.52 Å². The van der Waals surface area contributed by atoms with E-state index in [4.69, 9.17) is 9.26 Å². The van der Waals surface area contributed by atoms with Crippen molar-refractivity contribution in [3.05, 3.63) is 11.7 Å². The molecule has 0 aromatic carbocycles. The van der Waals surface area contributed by atoms with Gasteiger partial charge in [-0.3, -0.25) is 4.90 Å². The number of nitrogens with zero attached hydrogens (tertiary/aromatic N) is 3. The Morgan fingerprint density at radius 3 is 3.00 bits per heavy atom. The van der Waals surface area contributed by atoms with Crippen LogP contribution in [0.1, 0.15) is 31.5 Å². The summed E-state index contributed by atoms with van der Waals surface area (Å²) >= 11 is 0. The van der Waals surface area contributed by atoms with Crippen molar-refractivity contribution < 1.29 is 14.4 Å². The fraction of sp³-hybridized carbons (Fsp3) is 0.818. The largest absolute Gasteiger partial charge is 0.395 e. The first kappa shape index (κ1) is 12.5. The predicted octanol–water partition coefficient (Wildman–Crippen LogP) is 0.386. The molecule has 96 valence electrons. The zero-order valence-electron chi connectivity index (χ0n) is 10.3. The molecule has 1 fully saturated rings. The van der Waals surface area contributed by atoms with Crippen molar-refractivity contribution in [3.8, 4) is 0 Å². The lowest BCUT2D eigenvalue weighted by atomic mass is 10.2. The van der Waals surface area contributed by atoms with Gasteiger partial charge in [-0.05, 0) is 0 Å². The minimum Gasteiger partial charge on any atom is -0.395 e. The summed E-state index contributed by atoms with van der Waals surface area (Å²) in [5, 5.41) is 13.2. The SMILES string of the molecule is CC(C)c1noc(CN2CCOCC2CO)n1. The average molecular weight is 241 g/mol. The summed E-state index contributed by atoms with van der Waals surface area (Å²) in [5.74, 6) is 1.61. The van der Waals surface area contributed by atoms with Gasteiger partial charge in [-0.25, -0.2) is 0 Å². The Kier molecular flexibility index (Phi) is 4.09. The number of aliphatic hydroxyl groups excluding tert-OH is 1. The van der Waals surface area contributed by atoms with Gasteiger partial charge in [0.2, 0.25) is 5.89 Å². The molecule has 2 heterocycles. The van der Waals surface area contributed by atoms with Crippen LogP contribution < -0.4 is 0 Å². The maximum Gasteiger partial charge on any atom is 0.240 e. The van der Waals surface area contributed by atoms with Gasteiger partial charge in [-0.1, -0.05) is 19.0 Å². The third-order valence-corrected chi connectivity index (χ3v) is 2.90. The first-order valence-corrected chi connectivity index (χ1v) is 5.96. The van der Waals surface area contributed by atoms with Crippen molar-refractivity contribution in [3.63, 3.8) is 0 Å². The van der Waals surface area contributed by atoms with Gasteiger partial charge in [-0.15, -0.1) is 0 Å². The number of aromatic nitrogens is 2. The number of morpholine rings is 1. The topological polar surface area (TPSA) is 71.6 Å². The Labute approximate surface area is 101 Å². The second kappa shape index (κ2) is 5.57. The Morgan fingerprint density at radius 2 is 2.35 bits per heavy atom. The molecule has 1 saturated heterocycles. The lowest BCUT2D eigenvalue weighted by Gasteiger charge is -2.33. The zero-order valence-corrected chi connectivity index (χ0v) is 10.3. The number of rotatable bonds is 4. The molecule has 1 unspecified atom stereocenters. The van der Waals surface area contributed by atoms with E-state index in [0.29, 0.717) is 25.6 Å². The lowest BCUT2D eigenvalue weighted by Crippen LogP contribution is -2.46. The Bertz CT molecular complexity index is 353. The first-order chi connectivity index (χ1) is 8.20. The Morgan fingerprint density at radius 1 is 1.53 bits per heavy atom. The molecular weight excluding hydrogens is 222 g/mol. The third-order valence-electron chi connectivity index (χ3n) is 2.90. The van der Waals surface area contributed by atoms with Crippen LogP contribution in [-0.2, 0) is 11.3 Å². The van der Waals surface area contributed by atoms with Crippen molar-refractivity contribution in [1.82, 2.24) is 15.0 Å². The van der Waals surface area contributed by atoms with Gasteiger partial charge < -0.3 is 14.4 Å². The zero-order chi connectivity index (χ0) is 12.3. The van der Waals surface area contributed by atoms with Gasteiger partial charge >= 0.3 is 0 Å². The highest BCUT2D eigenvalue weighted by molar-refractivity contribution is 4.92. The summed E-state index contributed by atoms with van der Waals surface area (Å²) in [6.45, 7) is 6.74. The van der Waals surface area contributed by atoms with Gasteiger partial charge in [0, 0.05) is 12.5 Å². The highest BCUT2D eigenvalue weighted by atomic mass is 16.5. The van der Waals surface area contributed by atoms with Gasteiger partial charge in [0.15, 0.2) is 5.82 Å². The summed E-state index contributed by atoms with van der Waals surface area (Å²) in [6.07, 6.45) is 0. The number of hydrogen-bond donors (Lipinski definition) is 1. The summed E-state index contributed by atoms with van der Waals surface area (Å²) < 4.78 is 10.5. The summed E-state index contributed by atoms with van der Waals surface area (Å²) in [5.41, 5.74) is 0.